The van der Waals surface area contributed by atoms with Crippen LogP contribution in [0.4, 0.5) is 5.69 Å². The van der Waals surface area contributed by atoms with Gasteiger partial charge >= 0.3 is 0 Å². The molecular formula is C29H32BrN3O3. The fourth-order valence-electron chi connectivity index (χ4n) is 3.55. The molecule has 36 heavy (non-hydrogen) atoms. The van der Waals surface area contributed by atoms with Crippen molar-refractivity contribution in [3.8, 4) is 0 Å². The molecule has 3 aromatic rings. The van der Waals surface area contributed by atoms with E-state index < -0.39 is 11.8 Å². The van der Waals surface area contributed by atoms with Crippen molar-refractivity contribution in [2.45, 2.75) is 52.4 Å². The standard InChI is InChI=1S/C29H32BrN3O3/c1-28(2,3)21-12-7-18(8-13-21)25(34)31-22-14-9-19(10-15-22)26(35)32-33-27(36)20-11-16-23(24(30)17-20)29(4,5)6/h7-17H,1-6H3,(H,31,34)(H,32,35)(H,33,36). The van der Waals surface area contributed by atoms with Crippen LogP contribution < -0.4 is 16.2 Å². The lowest BCUT2D eigenvalue weighted by molar-refractivity contribution is 0.0846. The SMILES string of the molecule is CC(C)(C)c1ccc(C(=O)Nc2ccc(C(=O)NNC(=O)c3ccc(C(C)(C)C)c(Br)c3)cc2)cc1. The van der Waals surface area contributed by atoms with Gasteiger partial charge in [-0.25, -0.2) is 0 Å². The summed E-state index contributed by atoms with van der Waals surface area (Å²) in [5.74, 6) is -1.13. The van der Waals surface area contributed by atoms with Crippen LogP contribution in [0.5, 0.6) is 0 Å². The van der Waals surface area contributed by atoms with E-state index in [0.717, 1.165) is 15.6 Å². The summed E-state index contributed by atoms with van der Waals surface area (Å²) in [6.07, 6.45) is 0. The second-order valence-electron chi connectivity index (χ2n) is 10.7. The van der Waals surface area contributed by atoms with Crippen LogP contribution in [0.1, 0.15) is 83.7 Å². The smallest absolute Gasteiger partial charge is 0.269 e. The summed E-state index contributed by atoms with van der Waals surface area (Å²) in [5.41, 5.74) is 8.91. The molecule has 0 heterocycles. The number of hydrogen-bond donors (Lipinski definition) is 3. The van der Waals surface area contributed by atoms with Gasteiger partial charge < -0.3 is 5.32 Å². The zero-order valence-corrected chi connectivity index (χ0v) is 23.0. The van der Waals surface area contributed by atoms with Crippen LogP contribution >= 0.6 is 15.9 Å². The first-order valence-corrected chi connectivity index (χ1v) is 12.5. The van der Waals surface area contributed by atoms with E-state index in [1.807, 2.05) is 18.2 Å². The first-order valence-electron chi connectivity index (χ1n) is 11.7. The Kier molecular flexibility index (Phi) is 8.04. The van der Waals surface area contributed by atoms with Crippen LogP contribution in [0.2, 0.25) is 0 Å². The largest absolute Gasteiger partial charge is 0.322 e. The second-order valence-corrected chi connectivity index (χ2v) is 11.6. The molecule has 0 aliphatic heterocycles. The van der Waals surface area contributed by atoms with Crippen LogP contribution in [-0.2, 0) is 10.8 Å². The Morgan fingerprint density at radius 3 is 1.58 bits per heavy atom. The highest BCUT2D eigenvalue weighted by Crippen LogP contribution is 2.30. The minimum atomic E-state index is -0.468. The van der Waals surface area contributed by atoms with E-state index in [-0.39, 0.29) is 16.7 Å². The third-order valence-corrected chi connectivity index (χ3v) is 6.40. The molecule has 0 atom stereocenters. The number of carbonyl (C=O) groups is 3. The Labute approximate surface area is 221 Å². The molecule has 188 valence electrons. The van der Waals surface area contributed by atoms with Gasteiger partial charge in [0.05, 0.1) is 0 Å². The maximum atomic E-state index is 12.6. The molecule has 0 saturated heterocycles. The van der Waals surface area contributed by atoms with Crippen LogP contribution in [0.25, 0.3) is 0 Å². The number of amides is 3. The average molecular weight is 550 g/mol. The molecular weight excluding hydrogens is 518 g/mol. The maximum absolute atomic E-state index is 12.6. The number of anilines is 1. The highest BCUT2D eigenvalue weighted by Gasteiger charge is 2.19. The Balaban J connectivity index is 1.57. The number of hydrogen-bond acceptors (Lipinski definition) is 3. The molecule has 7 heteroatoms. The lowest BCUT2D eigenvalue weighted by Crippen LogP contribution is -2.41. The van der Waals surface area contributed by atoms with Crippen molar-refractivity contribution < 1.29 is 14.4 Å². The summed E-state index contributed by atoms with van der Waals surface area (Å²) < 4.78 is 0.830. The van der Waals surface area contributed by atoms with Crippen molar-refractivity contribution in [1.82, 2.24) is 10.9 Å². The quantitative estimate of drug-likeness (QED) is 0.330. The molecule has 0 saturated carbocycles. The van der Waals surface area contributed by atoms with Crippen molar-refractivity contribution in [3.63, 3.8) is 0 Å². The molecule has 3 aromatic carbocycles. The summed E-state index contributed by atoms with van der Waals surface area (Å²) >= 11 is 3.52. The zero-order chi connectivity index (χ0) is 26.7. The summed E-state index contributed by atoms with van der Waals surface area (Å²) in [6.45, 7) is 12.6. The summed E-state index contributed by atoms with van der Waals surface area (Å²) in [6, 6.07) is 19.3. The third-order valence-electron chi connectivity index (χ3n) is 5.75. The van der Waals surface area contributed by atoms with Gasteiger partial charge in [0.1, 0.15) is 0 Å². The lowest BCUT2D eigenvalue weighted by atomic mass is 9.86. The molecule has 0 aliphatic rings. The van der Waals surface area contributed by atoms with E-state index in [4.69, 9.17) is 0 Å². The topological polar surface area (TPSA) is 87.3 Å². The lowest BCUT2D eigenvalue weighted by Gasteiger charge is -2.21. The average Bonchev–Trinajstić information content (AvgIpc) is 2.81. The minimum absolute atomic E-state index is 0.0125. The molecule has 0 bridgehead atoms. The predicted molar refractivity (Wildman–Crippen MR) is 147 cm³/mol. The fourth-order valence-corrected chi connectivity index (χ4v) is 4.53. The number of carbonyl (C=O) groups excluding carboxylic acids is 3. The van der Waals surface area contributed by atoms with Gasteiger partial charge in [-0.15, -0.1) is 0 Å². The normalized spacial score (nSPS) is 11.5. The molecule has 0 spiro atoms. The maximum Gasteiger partial charge on any atom is 0.269 e. The Morgan fingerprint density at radius 2 is 1.08 bits per heavy atom. The predicted octanol–water partition coefficient (Wildman–Crippen LogP) is 6.37. The summed E-state index contributed by atoms with van der Waals surface area (Å²) in [7, 11) is 0. The fraction of sp³-hybridized carbons (Fsp3) is 0.276. The minimum Gasteiger partial charge on any atom is -0.322 e. The van der Waals surface area contributed by atoms with Crippen LogP contribution in [0.15, 0.2) is 71.2 Å². The van der Waals surface area contributed by atoms with Crippen molar-refractivity contribution in [1.29, 1.82) is 0 Å². The van der Waals surface area contributed by atoms with Gasteiger partial charge in [-0.05, 0) is 70.5 Å². The Bertz CT molecular complexity index is 1270. The third kappa shape index (κ3) is 6.82. The molecule has 0 radical (unpaired) electrons. The first-order chi connectivity index (χ1) is 16.8. The second kappa shape index (κ2) is 10.7. The van der Waals surface area contributed by atoms with Crippen LogP contribution in [0.3, 0.4) is 0 Å². The van der Waals surface area contributed by atoms with Crippen LogP contribution in [-0.4, -0.2) is 17.7 Å². The first kappa shape index (κ1) is 27.1. The Morgan fingerprint density at radius 1 is 0.611 bits per heavy atom. The molecule has 0 aliphatic carbocycles. The van der Waals surface area contributed by atoms with Crippen molar-refractivity contribution >= 4 is 39.3 Å². The van der Waals surface area contributed by atoms with Crippen molar-refractivity contribution in [3.05, 3.63) is 99.0 Å². The van der Waals surface area contributed by atoms with Crippen molar-refractivity contribution in [2.75, 3.05) is 5.32 Å². The molecule has 3 N–H and O–H groups in total. The molecule has 0 fully saturated rings. The molecule has 6 nitrogen and oxygen atoms in total. The van der Waals surface area contributed by atoms with Gasteiger partial charge in [0, 0.05) is 26.9 Å². The number of benzene rings is 3. The molecule has 0 aromatic heterocycles. The number of nitrogens with one attached hydrogen (secondary N) is 3. The molecule has 0 unspecified atom stereocenters. The zero-order valence-electron chi connectivity index (χ0n) is 21.5. The van der Waals surface area contributed by atoms with Gasteiger partial charge in [0.15, 0.2) is 0 Å². The Hall–Kier alpha value is -3.45. The van der Waals surface area contributed by atoms with Gasteiger partial charge in [0.25, 0.3) is 17.7 Å². The highest BCUT2D eigenvalue weighted by molar-refractivity contribution is 9.10. The van der Waals surface area contributed by atoms with E-state index in [2.05, 4.69) is 73.6 Å². The summed E-state index contributed by atoms with van der Waals surface area (Å²) in [4.78, 5) is 37.5. The number of hydrazine groups is 1. The van der Waals surface area contributed by atoms with Gasteiger partial charge in [-0.3, -0.25) is 25.2 Å². The van der Waals surface area contributed by atoms with Crippen molar-refractivity contribution in [2.24, 2.45) is 0 Å². The van der Waals surface area contributed by atoms with E-state index in [1.165, 1.54) is 0 Å². The van der Waals surface area contributed by atoms with E-state index >= 15 is 0 Å². The summed E-state index contributed by atoms with van der Waals surface area (Å²) in [5, 5.41) is 2.83. The monoisotopic (exact) mass is 549 g/mol. The highest BCUT2D eigenvalue weighted by atomic mass is 79.9. The van der Waals surface area contributed by atoms with Gasteiger partial charge in [-0.2, -0.15) is 0 Å². The number of halogens is 1. The van der Waals surface area contributed by atoms with E-state index in [0.29, 0.717) is 22.4 Å². The van der Waals surface area contributed by atoms with Gasteiger partial charge in [0.2, 0.25) is 0 Å². The van der Waals surface area contributed by atoms with Gasteiger partial charge in [-0.1, -0.05) is 75.7 Å². The number of rotatable bonds is 4. The van der Waals surface area contributed by atoms with E-state index in [1.54, 1.807) is 48.5 Å². The van der Waals surface area contributed by atoms with E-state index in [9.17, 15) is 14.4 Å². The molecule has 3 rings (SSSR count). The molecule has 3 amide bonds. The van der Waals surface area contributed by atoms with Crippen LogP contribution in [0, 0.1) is 0 Å².